The molecule has 0 bridgehead atoms. The molecule has 23 heavy (non-hydrogen) atoms. The van der Waals surface area contributed by atoms with Crippen LogP contribution in [0.4, 0.5) is 14.5 Å². The first-order valence-electron chi connectivity index (χ1n) is 7.26. The second-order valence-corrected chi connectivity index (χ2v) is 4.91. The molecule has 0 heterocycles. The Hall–Kier alpha value is -2.63. The number of anilines is 1. The number of alkyl halides is 2. The normalized spacial score (nSPS) is 11.6. The molecule has 6 heteroatoms. The fraction of sp³-hybridized carbons (Fsp3) is 0.235. The quantitative estimate of drug-likeness (QED) is 0.629. The molecular weight excluding hydrogens is 300 g/mol. The number of benzene rings is 2. The van der Waals surface area contributed by atoms with Crippen LogP contribution in [0.1, 0.15) is 18.1 Å². The van der Waals surface area contributed by atoms with Crippen molar-refractivity contribution in [3.63, 3.8) is 0 Å². The summed E-state index contributed by atoms with van der Waals surface area (Å²) in [6, 6.07) is 14.3. The Labute approximate surface area is 134 Å². The Kier molecular flexibility index (Phi) is 5.91. The smallest absolute Gasteiger partial charge is 0.387 e. The van der Waals surface area contributed by atoms with Crippen LogP contribution in [0.25, 0.3) is 0 Å². The number of aryl methyl sites for hydroxylation is 1. The van der Waals surface area contributed by atoms with Gasteiger partial charge < -0.3 is 15.8 Å². The maximum absolute atomic E-state index is 12.2. The lowest BCUT2D eigenvalue weighted by atomic mass is 10.1. The number of guanidine groups is 1. The highest BCUT2D eigenvalue weighted by Crippen LogP contribution is 2.16. The van der Waals surface area contributed by atoms with Crippen LogP contribution in [0.3, 0.4) is 0 Å². The molecule has 3 N–H and O–H groups in total. The summed E-state index contributed by atoms with van der Waals surface area (Å²) in [4.78, 5) is 4.21. The molecule has 122 valence electrons. The highest BCUT2D eigenvalue weighted by Gasteiger charge is 2.04. The molecule has 0 aliphatic carbocycles. The summed E-state index contributed by atoms with van der Waals surface area (Å²) >= 11 is 0. The summed E-state index contributed by atoms with van der Waals surface area (Å²) < 4.78 is 28.7. The Morgan fingerprint density at radius 2 is 1.91 bits per heavy atom. The van der Waals surface area contributed by atoms with Gasteiger partial charge in [-0.1, -0.05) is 31.2 Å². The third-order valence-electron chi connectivity index (χ3n) is 3.16. The van der Waals surface area contributed by atoms with Crippen LogP contribution in [0.2, 0.25) is 0 Å². The predicted octanol–water partition coefficient (Wildman–Crippen LogP) is 3.78. The molecule has 4 nitrogen and oxygen atoms in total. The molecule has 0 aliphatic heterocycles. The van der Waals surface area contributed by atoms with Crippen LogP contribution >= 0.6 is 0 Å². The van der Waals surface area contributed by atoms with Gasteiger partial charge in [0.2, 0.25) is 0 Å². The van der Waals surface area contributed by atoms with Crippen LogP contribution in [0.5, 0.6) is 5.75 Å². The van der Waals surface area contributed by atoms with Crippen molar-refractivity contribution in [2.75, 3.05) is 5.32 Å². The molecule has 0 saturated carbocycles. The fourth-order valence-corrected chi connectivity index (χ4v) is 2.05. The summed E-state index contributed by atoms with van der Waals surface area (Å²) in [6.45, 7) is -0.496. The van der Waals surface area contributed by atoms with E-state index in [-0.39, 0.29) is 18.3 Å². The van der Waals surface area contributed by atoms with Crippen molar-refractivity contribution < 1.29 is 13.5 Å². The van der Waals surface area contributed by atoms with Crippen LogP contribution in [-0.4, -0.2) is 12.6 Å². The van der Waals surface area contributed by atoms with Crippen molar-refractivity contribution in [2.45, 2.75) is 26.5 Å². The summed E-state index contributed by atoms with van der Waals surface area (Å²) in [5.41, 5.74) is 8.64. The number of nitrogens with zero attached hydrogens (tertiary/aromatic N) is 1. The Balaban J connectivity index is 1.98. The van der Waals surface area contributed by atoms with Gasteiger partial charge in [-0.2, -0.15) is 8.78 Å². The van der Waals surface area contributed by atoms with E-state index in [0.29, 0.717) is 0 Å². The summed E-state index contributed by atoms with van der Waals surface area (Å²) in [6.07, 6.45) is 0.934. The molecule has 2 aromatic carbocycles. The van der Waals surface area contributed by atoms with E-state index < -0.39 is 6.61 Å². The Morgan fingerprint density at radius 3 is 2.65 bits per heavy atom. The summed E-state index contributed by atoms with van der Waals surface area (Å²) in [5.74, 6) is 0.369. The van der Waals surface area contributed by atoms with Gasteiger partial charge >= 0.3 is 6.61 Å². The molecule has 0 saturated heterocycles. The highest BCUT2D eigenvalue weighted by atomic mass is 19.3. The van der Waals surface area contributed by atoms with E-state index in [0.717, 1.165) is 17.7 Å². The molecule has 0 aromatic heterocycles. The average molecular weight is 319 g/mol. The molecular formula is C17H19F2N3O. The van der Waals surface area contributed by atoms with Crippen molar-refractivity contribution in [2.24, 2.45) is 10.7 Å². The lowest BCUT2D eigenvalue weighted by Gasteiger charge is -2.08. The second-order valence-electron chi connectivity index (χ2n) is 4.91. The second kappa shape index (κ2) is 8.12. The molecule has 2 aromatic rings. The number of nitrogens with two attached hydrogens (primary N) is 1. The van der Waals surface area contributed by atoms with E-state index in [9.17, 15) is 8.78 Å². The van der Waals surface area contributed by atoms with Gasteiger partial charge in [0, 0.05) is 5.69 Å². The largest absolute Gasteiger partial charge is 0.435 e. The van der Waals surface area contributed by atoms with Crippen LogP contribution in [0, 0.1) is 0 Å². The first-order chi connectivity index (χ1) is 11.1. The van der Waals surface area contributed by atoms with Crippen molar-refractivity contribution in [3.8, 4) is 5.75 Å². The minimum absolute atomic E-state index is 0.106. The van der Waals surface area contributed by atoms with Gasteiger partial charge in [0.15, 0.2) is 5.96 Å². The van der Waals surface area contributed by atoms with Crippen molar-refractivity contribution in [3.05, 3.63) is 59.7 Å². The van der Waals surface area contributed by atoms with Gasteiger partial charge in [-0.25, -0.2) is 4.99 Å². The van der Waals surface area contributed by atoms with Gasteiger partial charge in [0.1, 0.15) is 5.75 Å². The first-order valence-corrected chi connectivity index (χ1v) is 7.26. The Morgan fingerprint density at radius 1 is 1.17 bits per heavy atom. The maximum atomic E-state index is 12.2. The highest BCUT2D eigenvalue weighted by molar-refractivity contribution is 5.92. The van der Waals surface area contributed by atoms with E-state index in [2.05, 4.69) is 22.0 Å². The van der Waals surface area contributed by atoms with Gasteiger partial charge in [0.25, 0.3) is 0 Å². The van der Waals surface area contributed by atoms with Gasteiger partial charge in [-0.05, 0) is 41.8 Å². The molecule has 2 rings (SSSR count). The zero-order valence-electron chi connectivity index (χ0n) is 12.8. The van der Waals surface area contributed by atoms with Crippen molar-refractivity contribution >= 4 is 11.6 Å². The van der Waals surface area contributed by atoms with Gasteiger partial charge in [-0.15, -0.1) is 0 Å². The van der Waals surface area contributed by atoms with E-state index >= 15 is 0 Å². The molecule has 0 amide bonds. The monoisotopic (exact) mass is 319 g/mol. The Bertz CT molecular complexity index is 674. The minimum Gasteiger partial charge on any atom is -0.435 e. The number of nitrogens with one attached hydrogen (secondary N) is 1. The van der Waals surface area contributed by atoms with Crippen molar-refractivity contribution in [1.82, 2.24) is 0 Å². The molecule has 0 aliphatic rings. The molecule has 0 radical (unpaired) electrons. The SMILES string of the molecule is CCc1cccc(NC(N)=NCc2cccc(OC(F)F)c2)c1. The number of rotatable bonds is 6. The van der Waals surface area contributed by atoms with Gasteiger partial charge in [-0.3, -0.25) is 0 Å². The third-order valence-corrected chi connectivity index (χ3v) is 3.16. The predicted molar refractivity (Wildman–Crippen MR) is 87.8 cm³/mol. The molecule has 0 atom stereocenters. The summed E-state index contributed by atoms with van der Waals surface area (Å²) in [5, 5.41) is 3.01. The zero-order valence-corrected chi connectivity index (χ0v) is 12.8. The third kappa shape index (κ3) is 5.58. The van der Waals surface area contributed by atoms with Crippen LogP contribution < -0.4 is 15.8 Å². The zero-order chi connectivity index (χ0) is 16.7. The van der Waals surface area contributed by atoms with Crippen molar-refractivity contribution in [1.29, 1.82) is 0 Å². The molecule has 0 fully saturated rings. The number of aliphatic imine (C=N–C) groups is 1. The van der Waals surface area contributed by atoms with E-state index in [1.165, 1.54) is 17.7 Å². The number of halogens is 2. The lowest BCUT2D eigenvalue weighted by Crippen LogP contribution is -2.22. The first kappa shape index (κ1) is 16.7. The molecule has 0 spiro atoms. The topological polar surface area (TPSA) is 59.6 Å². The minimum atomic E-state index is -2.84. The van der Waals surface area contributed by atoms with Crippen LogP contribution in [0.15, 0.2) is 53.5 Å². The van der Waals surface area contributed by atoms with Crippen LogP contribution in [-0.2, 0) is 13.0 Å². The number of hydrogen-bond acceptors (Lipinski definition) is 2. The summed E-state index contributed by atoms with van der Waals surface area (Å²) in [7, 11) is 0. The number of ether oxygens (including phenoxy) is 1. The number of hydrogen-bond donors (Lipinski definition) is 2. The maximum Gasteiger partial charge on any atom is 0.387 e. The molecule has 0 unspecified atom stereocenters. The van der Waals surface area contributed by atoms with E-state index in [4.69, 9.17) is 5.73 Å². The fourth-order valence-electron chi connectivity index (χ4n) is 2.05. The van der Waals surface area contributed by atoms with E-state index in [1.807, 2.05) is 24.3 Å². The lowest BCUT2D eigenvalue weighted by molar-refractivity contribution is -0.0498. The average Bonchev–Trinajstić information content (AvgIpc) is 2.53. The standard InChI is InChI=1S/C17H19F2N3O/c1-2-12-5-3-7-14(9-12)22-17(20)21-11-13-6-4-8-15(10-13)23-16(18)19/h3-10,16H,2,11H2,1H3,(H3,20,21,22). The van der Waals surface area contributed by atoms with Gasteiger partial charge in [0.05, 0.1) is 6.54 Å². The van der Waals surface area contributed by atoms with E-state index in [1.54, 1.807) is 12.1 Å².